The van der Waals surface area contributed by atoms with Gasteiger partial charge in [-0.05, 0) is 43.4 Å². The summed E-state index contributed by atoms with van der Waals surface area (Å²) in [4.78, 5) is 0. The monoisotopic (exact) mass is 246 g/mol. The minimum atomic E-state index is 0.935. The zero-order chi connectivity index (χ0) is 13.1. The third-order valence-electron chi connectivity index (χ3n) is 3.15. The molecule has 0 radical (unpaired) electrons. The first kappa shape index (κ1) is 14.8. The van der Waals surface area contributed by atoms with Gasteiger partial charge in [-0.25, -0.2) is 0 Å². The van der Waals surface area contributed by atoms with Crippen LogP contribution in [-0.4, -0.2) is 7.11 Å². The van der Waals surface area contributed by atoms with Crippen LogP contribution in [-0.2, 0) is 6.42 Å². The van der Waals surface area contributed by atoms with E-state index in [-0.39, 0.29) is 0 Å². The summed E-state index contributed by atoms with van der Waals surface area (Å²) in [6.45, 7) is 2.25. The Morgan fingerprint density at radius 3 is 2.33 bits per heavy atom. The van der Waals surface area contributed by atoms with E-state index in [1.165, 1.54) is 37.7 Å². The molecule has 0 atom stereocenters. The molecule has 0 unspecified atom stereocenters. The second-order valence-corrected chi connectivity index (χ2v) is 4.71. The molecule has 0 heterocycles. The Morgan fingerprint density at radius 2 is 1.67 bits per heavy atom. The molecule has 0 fully saturated rings. The first-order valence-corrected chi connectivity index (χ1v) is 7.14. The number of unbranched alkanes of at least 4 members (excludes halogenated alkanes) is 4. The normalized spacial score (nSPS) is 11.0. The Morgan fingerprint density at radius 1 is 0.944 bits per heavy atom. The molecular formula is C17H26O. The molecule has 100 valence electrons. The Kier molecular flexibility index (Phi) is 8.03. The highest BCUT2D eigenvalue weighted by molar-refractivity contribution is 5.27. The third kappa shape index (κ3) is 6.48. The van der Waals surface area contributed by atoms with Crippen LogP contribution >= 0.6 is 0 Å². The highest BCUT2D eigenvalue weighted by Gasteiger charge is 1.92. The van der Waals surface area contributed by atoms with Crippen molar-refractivity contribution in [2.75, 3.05) is 7.11 Å². The second kappa shape index (κ2) is 9.76. The summed E-state index contributed by atoms with van der Waals surface area (Å²) < 4.78 is 5.14. The van der Waals surface area contributed by atoms with Crippen molar-refractivity contribution in [2.45, 2.75) is 51.9 Å². The van der Waals surface area contributed by atoms with E-state index in [1.807, 2.05) is 12.1 Å². The van der Waals surface area contributed by atoms with Gasteiger partial charge in [-0.3, -0.25) is 0 Å². The van der Waals surface area contributed by atoms with Crippen molar-refractivity contribution in [3.63, 3.8) is 0 Å². The Labute approximate surface area is 112 Å². The van der Waals surface area contributed by atoms with E-state index in [0.29, 0.717) is 0 Å². The summed E-state index contributed by atoms with van der Waals surface area (Å²) in [5.41, 5.74) is 1.38. The van der Waals surface area contributed by atoms with E-state index in [4.69, 9.17) is 4.74 Å². The average molecular weight is 246 g/mol. The lowest BCUT2D eigenvalue weighted by Gasteiger charge is -2.01. The predicted molar refractivity (Wildman–Crippen MR) is 79.2 cm³/mol. The molecule has 0 amide bonds. The number of aryl methyl sites for hydroxylation is 1. The topological polar surface area (TPSA) is 9.23 Å². The van der Waals surface area contributed by atoms with Crippen LogP contribution in [0, 0.1) is 0 Å². The van der Waals surface area contributed by atoms with Crippen LogP contribution in [0.15, 0.2) is 36.4 Å². The molecule has 1 aromatic rings. The average Bonchev–Trinajstić information content (AvgIpc) is 2.42. The van der Waals surface area contributed by atoms with E-state index < -0.39 is 0 Å². The standard InChI is InChI=1S/C17H26O/c1-3-4-5-6-7-8-9-10-11-16-12-14-17(18-2)15-13-16/h8-9,12-15H,3-7,10-11H2,1-2H3/b9-8+. The Hall–Kier alpha value is -1.24. The van der Waals surface area contributed by atoms with E-state index in [2.05, 4.69) is 31.2 Å². The van der Waals surface area contributed by atoms with Crippen LogP contribution in [0.5, 0.6) is 5.75 Å². The number of benzene rings is 1. The van der Waals surface area contributed by atoms with Gasteiger partial charge >= 0.3 is 0 Å². The molecule has 0 spiro atoms. The van der Waals surface area contributed by atoms with E-state index in [9.17, 15) is 0 Å². The molecule has 0 aromatic heterocycles. The van der Waals surface area contributed by atoms with Gasteiger partial charge in [-0.1, -0.05) is 50.5 Å². The van der Waals surface area contributed by atoms with Gasteiger partial charge in [0.15, 0.2) is 0 Å². The van der Waals surface area contributed by atoms with Gasteiger partial charge in [0.2, 0.25) is 0 Å². The molecule has 0 aliphatic carbocycles. The molecule has 0 saturated carbocycles. The smallest absolute Gasteiger partial charge is 0.118 e. The summed E-state index contributed by atoms with van der Waals surface area (Å²) >= 11 is 0. The highest BCUT2D eigenvalue weighted by Crippen LogP contribution is 2.12. The summed E-state index contributed by atoms with van der Waals surface area (Å²) in [5.74, 6) is 0.935. The lowest BCUT2D eigenvalue weighted by Crippen LogP contribution is -1.85. The first-order chi connectivity index (χ1) is 8.86. The zero-order valence-electron chi connectivity index (χ0n) is 11.8. The van der Waals surface area contributed by atoms with Crippen molar-refractivity contribution in [3.8, 4) is 5.75 Å². The summed E-state index contributed by atoms with van der Waals surface area (Å²) in [6.07, 6.45) is 13.6. The lowest BCUT2D eigenvalue weighted by atomic mass is 10.1. The fourth-order valence-electron chi connectivity index (χ4n) is 1.97. The molecule has 1 nitrogen and oxygen atoms in total. The number of methoxy groups -OCH3 is 1. The van der Waals surface area contributed by atoms with E-state index in [0.717, 1.165) is 18.6 Å². The van der Waals surface area contributed by atoms with Gasteiger partial charge < -0.3 is 4.74 Å². The van der Waals surface area contributed by atoms with Gasteiger partial charge in [0.05, 0.1) is 7.11 Å². The molecule has 1 rings (SSSR count). The van der Waals surface area contributed by atoms with Crippen molar-refractivity contribution in [2.24, 2.45) is 0 Å². The minimum absolute atomic E-state index is 0.935. The minimum Gasteiger partial charge on any atom is -0.497 e. The molecule has 0 N–H and O–H groups in total. The van der Waals surface area contributed by atoms with Gasteiger partial charge in [0.1, 0.15) is 5.75 Å². The number of allylic oxidation sites excluding steroid dienone is 2. The molecule has 0 saturated heterocycles. The summed E-state index contributed by atoms with van der Waals surface area (Å²) in [5, 5.41) is 0. The largest absolute Gasteiger partial charge is 0.497 e. The SMILES string of the molecule is CCCCCC/C=C/CCc1ccc(OC)cc1. The number of hydrogen-bond acceptors (Lipinski definition) is 1. The highest BCUT2D eigenvalue weighted by atomic mass is 16.5. The van der Waals surface area contributed by atoms with Crippen molar-refractivity contribution in [3.05, 3.63) is 42.0 Å². The number of rotatable bonds is 9. The molecule has 0 aliphatic rings. The van der Waals surface area contributed by atoms with Crippen LogP contribution in [0.4, 0.5) is 0 Å². The van der Waals surface area contributed by atoms with Crippen molar-refractivity contribution in [1.29, 1.82) is 0 Å². The third-order valence-corrected chi connectivity index (χ3v) is 3.15. The molecule has 18 heavy (non-hydrogen) atoms. The van der Waals surface area contributed by atoms with Gasteiger partial charge in [-0.15, -0.1) is 0 Å². The summed E-state index contributed by atoms with van der Waals surface area (Å²) in [7, 11) is 1.70. The predicted octanol–water partition coefficient (Wildman–Crippen LogP) is 5.15. The number of hydrogen-bond donors (Lipinski definition) is 0. The number of ether oxygens (including phenoxy) is 1. The second-order valence-electron chi connectivity index (χ2n) is 4.71. The van der Waals surface area contributed by atoms with Crippen molar-refractivity contribution >= 4 is 0 Å². The molecule has 0 bridgehead atoms. The summed E-state index contributed by atoms with van der Waals surface area (Å²) in [6, 6.07) is 8.36. The van der Waals surface area contributed by atoms with E-state index in [1.54, 1.807) is 7.11 Å². The molecule has 1 heteroatoms. The lowest BCUT2D eigenvalue weighted by molar-refractivity contribution is 0.414. The fourth-order valence-corrected chi connectivity index (χ4v) is 1.97. The van der Waals surface area contributed by atoms with Crippen molar-refractivity contribution < 1.29 is 4.74 Å². The van der Waals surface area contributed by atoms with Crippen molar-refractivity contribution in [1.82, 2.24) is 0 Å². The first-order valence-electron chi connectivity index (χ1n) is 7.14. The van der Waals surface area contributed by atoms with Gasteiger partial charge in [0.25, 0.3) is 0 Å². The zero-order valence-corrected chi connectivity index (χ0v) is 11.8. The maximum Gasteiger partial charge on any atom is 0.118 e. The Bertz CT molecular complexity index is 324. The van der Waals surface area contributed by atoms with E-state index >= 15 is 0 Å². The van der Waals surface area contributed by atoms with Crippen LogP contribution in [0.25, 0.3) is 0 Å². The Balaban J connectivity index is 2.11. The fraction of sp³-hybridized carbons (Fsp3) is 0.529. The maximum atomic E-state index is 5.14. The quantitative estimate of drug-likeness (QED) is 0.432. The molecular weight excluding hydrogens is 220 g/mol. The van der Waals surface area contributed by atoms with Gasteiger partial charge in [-0.2, -0.15) is 0 Å². The molecule has 0 aliphatic heterocycles. The van der Waals surface area contributed by atoms with Crippen LogP contribution < -0.4 is 4.74 Å². The van der Waals surface area contributed by atoms with Crippen LogP contribution in [0.3, 0.4) is 0 Å². The van der Waals surface area contributed by atoms with Gasteiger partial charge in [0, 0.05) is 0 Å². The van der Waals surface area contributed by atoms with Crippen LogP contribution in [0.2, 0.25) is 0 Å². The maximum absolute atomic E-state index is 5.14. The molecule has 1 aromatic carbocycles. The van der Waals surface area contributed by atoms with Crippen LogP contribution in [0.1, 0.15) is 51.0 Å².